The van der Waals surface area contributed by atoms with E-state index >= 15 is 0 Å². The minimum atomic E-state index is -0.968. The van der Waals surface area contributed by atoms with Crippen LogP contribution in [0.15, 0.2) is 54.7 Å². The standard InChI is InChI=1S/C18H15FN4O4S/c1-9-14(17(25)21-11-7-5-10(19)6-8-11)15(22-18(28)20-9)12-3-2-4-13(16(12)24)23(26)27/h2-8,14-15,24H,1H2,(H,21,25)(H2,20,22,28)/t14-,15+/m1/s1. The highest BCUT2D eigenvalue weighted by atomic mass is 32.1. The number of para-hydroxylation sites is 1. The molecular formula is C18H15FN4O4S. The molecule has 0 radical (unpaired) electrons. The number of hydrogen-bond donors (Lipinski definition) is 4. The number of thiocarbonyl (C=S) groups is 1. The number of nitrogens with one attached hydrogen (secondary N) is 3. The zero-order valence-corrected chi connectivity index (χ0v) is 15.1. The molecule has 28 heavy (non-hydrogen) atoms. The minimum Gasteiger partial charge on any atom is -0.502 e. The second kappa shape index (κ2) is 7.61. The van der Waals surface area contributed by atoms with Crippen LogP contribution in [0.5, 0.6) is 5.75 Å². The van der Waals surface area contributed by atoms with Crippen molar-refractivity contribution in [3.63, 3.8) is 0 Å². The van der Waals surface area contributed by atoms with Gasteiger partial charge in [-0.3, -0.25) is 14.9 Å². The minimum absolute atomic E-state index is 0.124. The van der Waals surface area contributed by atoms with E-state index < -0.39 is 40.0 Å². The molecule has 0 bridgehead atoms. The van der Waals surface area contributed by atoms with Crippen LogP contribution in [0.25, 0.3) is 0 Å². The number of nitro benzene ring substituents is 1. The summed E-state index contributed by atoms with van der Waals surface area (Å²) in [6, 6.07) is 8.29. The number of carbonyl (C=O) groups excluding carboxylic acids is 1. The number of hydrogen-bond acceptors (Lipinski definition) is 5. The van der Waals surface area contributed by atoms with E-state index in [1.54, 1.807) is 0 Å². The Morgan fingerprint density at radius 3 is 2.61 bits per heavy atom. The largest absolute Gasteiger partial charge is 0.502 e. The van der Waals surface area contributed by atoms with Crippen LogP contribution in [0.2, 0.25) is 0 Å². The number of anilines is 1. The quantitative estimate of drug-likeness (QED) is 0.353. The Kier molecular flexibility index (Phi) is 5.23. The van der Waals surface area contributed by atoms with Crippen molar-refractivity contribution in [3.05, 3.63) is 76.2 Å². The fourth-order valence-electron chi connectivity index (χ4n) is 2.95. The number of phenolic OH excluding ortho intramolecular Hbond substituents is 1. The van der Waals surface area contributed by atoms with Crippen LogP contribution in [0.4, 0.5) is 15.8 Å². The van der Waals surface area contributed by atoms with Crippen molar-refractivity contribution in [3.8, 4) is 5.75 Å². The normalized spacial score (nSPS) is 18.8. The smallest absolute Gasteiger partial charge is 0.311 e. The molecule has 1 heterocycles. The van der Waals surface area contributed by atoms with Gasteiger partial charge < -0.3 is 21.1 Å². The number of benzene rings is 2. The van der Waals surface area contributed by atoms with Gasteiger partial charge in [-0.2, -0.15) is 0 Å². The molecule has 1 amide bonds. The Morgan fingerprint density at radius 1 is 1.29 bits per heavy atom. The third kappa shape index (κ3) is 3.76. The van der Waals surface area contributed by atoms with Crippen LogP contribution >= 0.6 is 12.2 Å². The SMILES string of the molecule is C=C1NC(=S)N[C@@H](c2cccc([N+](=O)[O-])c2O)[C@@H]1C(=O)Nc1ccc(F)cc1. The second-order valence-corrected chi connectivity index (χ2v) is 6.46. The van der Waals surface area contributed by atoms with E-state index in [1.807, 2.05) is 0 Å². The summed E-state index contributed by atoms with van der Waals surface area (Å²) in [5.74, 6) is -2.50. The summed E-state index contributed by atoms with van der Waals surface area (Å²) >= 11 is 5.10. The first-order valence-corrected chi connectivity index (χ1v) is 8.47. The maximum Gasteiger partial charge on any atom is 0.311 e. The van der Waals surface area contributed by atoms with Crippen LogP contribution in [-0.2, 0) is 4.79 Å². The lowest BCUT2D eigenvalue weighted by Crippen LogP contribution is -2.51. The molecule has 1 aliphatic rings. The fraction of sp³-hybridized carbons (Fsp3) is 0.111. The van der Waals surface area contributed by atoms with E-state index in [0.29, 0.717) is 5.69 Å². The molecule has 4 N–H and O–H groups in total. The maximum absolute atomic E-state index is 13.1. The first kappa shape index (κ1) is 19.2. The van der Waals surface area contributed by atoms with Crippen molar-refractivity contribution in [1.29, 1.82) is 0 Å². The summed E-state index contributed by atoms with van der Waals surface area (Å²) in [6.07, 6.45) is 0. The van der Waals surface area contributed by atoms with Gasteiger partial charge in [0.15, 0.2) is 10.9 Å². The van der Waals surface area contributed by atoms with E-state index in [4.69, 9.17) is 12.2 Å². The number of halogens is 1. The lowest BCUT2D eigenvalue weighted by molar-refractivity contribution is -0.386. The Bertz CT molecular complexity index is 980. The molecule has 2 aromatic carbocycles. The van der Waals surface area contributed by atoms with E-state index in [2.05, 4.69) is 22.5 Å². The Morgan fingerprint density at radius 2 is 1.96 bits per heavy atom. The van der Waals surface area contributed by atoms with Gasteiger partial charge in [0.05, 0.1) is 11.0 Å². The van der Waals surface area contributed by atoms with Crippen LogP contribution in [0, 0.1) is 21.8 Å². The van der Waals surface area contributed by atoms with Gasteiger partial charge in [-0.05, 0) is 36.5 Å². The first-order valence-electron chi connectivity index (χ1n) is 8.07. The molecule has 1 saturated heterocycles. The Labute approximate surface area is 164 Å². The number of amides is 1. The molecule has 1 fully saturated rings. The molecular weight excluding hydrogens is 387 g/mol. The van der Waals surface area contributed by atoms with Crippen molar-refractivity contribution < 1.29 is 19.2 Å². The fourth-order valence-corrected chi connectivity index (χ4v) is 3.21. The summed E-state index contributed by atoms with van der Waals surface area (Å²) < 4.78 is 13.1. The molecule has 0 saturated carbocycles. The second-order valence-electron chi connectivity index (χ2n) is 6.05. The summed E-state index contributed by atoms with van der Waals surface area (Å²) in [5, 5.41) is 29.9. The molecule has 0 unspecified atom stereocenters. The number of aromatic hydroxyl groups is 1. The zero-order chi connectivity index (χ0) is 20.4. The van der Waals surface area contributed by atoms with Crippen molar-refractivity contribution in [2.24, 2.45) is 5.92 Å². The monoisotopic (exact) mass is 402 g/mol. The van der Waals surface area contributed by atoms with Crippen molar-refractivity contribution >= 4 is 34.6 Å². The van der Waals surface area contributed by atoms with E-state index in [9.17, 15) is 24.4 Å². The molecule has 144 valence electrons. The van der Waals surface area contributed by atoms with Gasteiger partial charge in [0.2, 0.25) is 5.91 Å². The third-order valence-electron chi connectivity index (χ3n) is 4.24. The predicted molar refractivity (Wildman–Crippen MR) is 104 cm³/mol. The van der Waals surface area contributed by atoms with Crippen LogP contribution in [-0.4, -0.2) is 21.0 Å². The Balaban J connectivity index is 1.97. The van der Waals surface area contributed by atoms with Gasteiger partial charge in [0, 0.05) is 23.0 Å². The van der Waals surface area contributed by atoms with Crippen LogP contribution in [0.3, 0.4) is 0 Å². The summed E-state index contributed by atoms with van der Waals surface area (Å²) in [6.45, 7) is 3.81. The third-order valence-corrected chi connectivity index (χ3v) is 4.46. The van der Waals surface area contributed by atoms with E-state index in [0.717, 1.165) is 6.07 Å². The average Bonchev–Trinajstić information content (AvgIpc) is 2.62. The maximum atomic E-state index is 13.1. The molecule has 8 nitrogen and oxygen atoms in total. The first-order chi connectivity index (χ1) is 13.3. The molecule has 0 aliphatic carbocycles. The van der Waals surface area contributed by atoms with Crippen molar-refractivity contribution in [2.45, 2.75) is 6.04 Å². The summed E-state index contributed by atoms with van der Waals surface area (Å²) in [5.41, 5.74) is 0.235. The number of phenols is 1. The highest BCUT2D eigenvalue weighted by Crippen LogP contribution is 2.39. The highest BCUT2D eigenvalue weighted by molar-refractivity contribution is 7.80. The topological polar surface area (TPSA) is 117 Å². The lowest BCUT2D eigenvalue weighted by Gasteiger charge is -2.35. The van der Waals surface area contributed by atoms with Gasteiger partial charge >= 0.3 is 5.69 Å². The van der Waals surface area contributed by atoms with E-state index in [-0.39, 0.29) is 16.4 Å². The highest BCUT2D eigenvalue weighted by Gasteiger charge is 2.39. The average molecular weight is 402 g/mol. The van der Waals surface area contributed by atoms with Crippen LogP contribution in [0.1, 0.15) is 11.6 Å². The Hall–Kier alpha value is -3.53. The molecule has 0 aromatic heterocycles. The number of nitrogens with zero attached hydrogens (tertiary/aromatic N) is 1. The van der Waals surface area contributed by atoms with Gasteiger partial charge in [-0.1, -0.05) is 18.7 Å². The molecule has 0 spiro atoms. The number of carbonyl (C=O) groups is 1. The number of rotatable bonds is 4. The summed E-state index contributed by atoms with van der Waals surface area (Å²) in [4.78, 5) is 23.3. The summed E-state index contributed by atoms with van der Waals surface area (Å²) in [7, 11) is 0. The van der Waals surface area contributed by atoms with Crippen molar-refractivity contribution in [1.82, 2.24) is 10.6 Å². The molecule has 2 atom stereocenters. The zero-order valence-electron chi connectivity index (χ0n) is 14.3. The van der Waals surface area contributed by atoms with Crippen molar-refractivity contribution in [2.75, 3.05) is 5.32 Å². The van der Waals surface area contributed by atoms with Gasteiger partial charge in [0.25, 0.3) is 0 Å². The molecule has 2 aromatic rings. The molecule has 1 aliphatic heterocycles. The van der Waals surface area contributed by atoms with Gasteiger partial charge in [0.1, 0.15) is 11.7 Å². The predicted octanol–water partition coefficient (Wildman–Crippen LogP) is 2.73. The van der Waals surface area contributed by atoms with Crippen LogP contribution < -0.4 is 16.0 Å². The number of nitro groups is 1. The van der Waals surface area contributed by atoms with Gasteiger partial charge in [-0.25, -0.2) is 4.39 Å². The van der Waals surface area contributed by atoms with E-state index in [1.165, 1.54) is 36.4 Å². The van der Waals surface area contributed by atoms with Gasteiger partial charge in [-0.15, -0.1) is 0 Å². The molecule has 3 rings (SSSR count). The molecule has 10 heteroatoms. The lowest BCUT2D eigenvalue weighted by atomic mass is 9.87.